The van der Waals surface area contributed by atoms with E-state index in [1.54, 1.807) is 12.1 Å². The van der Waals surface area contributed by atoms with Gasteiger partial charge in [-0.3, -0.25) is 9.59 Å². The summed E-state index contributed by atoms with van der Waals surface area (Å²) in [6, 6.07) is 16.6. The summed E-state index contributed by atoms with van der Waals surface area (Å²) in [5.41, 5.74) is 2.36. The van der Waals surface area contributed by atoms with Crippen molar-refractivity contribution in [3.8, 4) is 11.5 Å². The van der Waals surface area contributed by atoms with E-state index >= 15 is 0 Å². The second-order valence-electron chi connectivity index (χ2n) is 10.0. The molecule has 36 heavy (non-hydrogen) atoms. The van der Waals surface area contributed by atoms with Gasteiger partial charge in [0, 0.05) is 4.88 Å². The van der Waals surface area contributed by atoms with Gasteiger partial charge in [0.15, 0.2) is 6.61 Å². The summed E-state index contributed by atoms with van der Waals surface area (Å²) in [5.74, 6) is 1.22. The van der Waals surface area contributed by atoms with E-state index in [9.17, 15) is 9.59 Å². The van der Waals surface area contributed by atoms with E-state index in [0.29, 0.717) is 40.3 Å². The van der Waals surface area contributed by atoms with Gasteiger partial charge in [0.25, 0.3) is 11.8 Å². The number of hydrogen-bond acceptors (Lipinski definition) is 5. The third-order valence-electron chi connectivity index (χ3n) is 6.52. The van der Waals surface area contributed by atoms with Crippen LogP contribution in [0.15, 0.2) is 54.6 Å². The maximum absolute atomic E-state index is 13.6. The molecule has 4 rings (SSSR count). The van der Waals surface area contributed by atoms with Crippen LogP contribution >= 0.6 is 11.3 Å². The lowest BCUT2D eigenvalue weighted by atomic mass is 9.72. The fraction of sp³-hybridized carbons (Fsp3) is 0.379. The molecule has 0 radical (unpaired) electrons. The molecule has 0 bridgehead atoms. The normalized spacial score (nSPS) is 15.1. The molecular weight excluding hydrogens is 472 g/mol. The summed E-state index contributed by atoms with van der Waals surface area (Å²) in [4.78, 5) is 27.6. The van der Waals surface area contributed by atoms with Gasteiger partial charge < -0.3 is 20.1 Å². The third-order valence-corrected chi connectivity index (χ3v) is 7.69. The first kappa shape index (κ1) is 25.8. The molecule has 1 aromatic heterocycles. The van der Waals surface area contributed by atoms with Crippen molar-refractivity contribution in [2.24, 2.45) is 11.3 Å². The summed E-state index contributed by atoms with van der Waals surface area (Å²) in [5, 5.41) is 6.55. The molecular formula is C29H34N2O4S. The van der Waals surface area contributed by atoms with Gasteiger partial charge in [0.1, 0.15) is 16.5 Å². The lowest BCUT2D eigenvalue weighted by molar-refractivity contribution is -0.118. The number of carbonyl (C=O) groups is 2. The van der Waals surface area contributed by atoms with Crippen LogP contribution in [0.3, 0.4) is 0 Å². The van der Waals surface area contributed by atoms with Crippen molar-refractivity contribution in [3.05, 3.63) is 70.6 Å². The number of amides is 2. The molecule has 0 fully saturated rings. The number of anilines is 2. The van der Waals surface area contributed by atoms with E-state index in [1.165, 1.54) is 16.2 Å². The third kappa shape index (κ3) is 6.08. The highest BCUT2D eigenvalue weighted by Crippen LogP contribution is 2.44. The number of carbonyl (C=O) groups excluding carboxylic acids is 2. The van der Waals surface area contributed by atoms with Crippen molar-refractivity contribution in [1.82, 2.24) is 0 Å². The number of thiophene rings is 1. The Morgan fingerprint density at radius 3 is 2.44 bits per heavy atom. The van der Waals surface area contributed by atoms with Crippen LogP contribution in [-0.4, -0.2) is 25.0 Å². The predicted octanol–water partition coefficient (Wildman–Crippen LogP) is 6.57. The van der Waals surface area contributed by atoms with Gasteiger partial charge in [-0.1, -0.05) is 51.1 Å². The van der Waals surface area contributed by atoms with Gasteiger partial charge in [0.2, 0.25) is 0 Å². The standard InChI is InChI=1S/C29H34N2O4S/c1-5-34-23-14-10-9-13-22(23)30-27(33)26-21-16-15-19(29(2,3)4)17-24(21)36-28(26)31-25(32)18-35-20-11-7-6-8-12-20/h6-14,19H,5,15-18H2,1-4H3,(H,30,33)(H,31,32). The monoisotopic (exact) mass is 506 g/mol. The van der Waals surface area contributed by atoms with Gasteiger partial charge in [0.05, 0.1) is 17.9 Å². The summed E-state index contributed by atoms with van der Waals surface area (Å²) >= 11 is 1.51. The van der Waals surface area contributed by atoms with E-state index in [0.717, 1.165) is 24.8 Å². The van der Waals surface area contributed by atoms with Crippen LogP contribution in [0.25, 0.3) is 0 Å². The zero-order valence-electron chi connectivity index (χ0n) is 21.4. The van der Waals surface area contributed by atoms with E-state index in [2.05, 4.69) is 31.4 Å². The number of hydrogen-bond donors (Lipinski definition) is 2. The summed E-state index contributed by atoms with van der Waals surface area (Å²) in [6.07, 6.45) is 2.71. The lowest BCUT2D eigenvalue weighted by Gasteiger charge is -2.33. The molecule has 0 spiro atoms. The van der Waals surface area contributed by atoms with Gasteiger partial charge in [-0.25, -0.2) is 0 Å². The van der Waals surface area contributed by atoms with Gasteiger partial charge in [-0.15, -0.1) is 11.3 Å². The average Bonchev–Trinajstić information content (AvgIpc) is 3.21. The van der Waals surface area contributed by atoms with E-state index in [4.69, 9.17) is 9.47 Å². The minimum absolute atomic E-state index is 0.134. The fourth-order valence-electron chi connectivity index (χ4n) is 4.52. The second-order valence-corrected chi connectivity index (χ2v) is 11.2. The zero-order valence-corrected chi connectivity index (χ0v) is 22.2. The van der Waals surface area contributed by atoms with Crippen molar-refractivity contribution in [3.63, 3.8) is 0 Å². The molecule has 3 aromatic rings. The SMILES string of the molecule is CCOc1ccccc1NC(=O)c1c(NC(=O)COc2ccccc2)sc2c1CCC(C(C)(C)C)C2. The largest absolute Gasteiger partial charge is 0.492 e. The number of benzene rings is 2. The molecule has 6 nitrogen and oxygen atoms in total. The van der Waals surface area contributed by atoms with Crippen LogP contribution in [0.5, 0.6) is 11.5 Å². The van der Waals surface area contributed by atoms with Crippen molar-refractivity contribution < 1.29 is 19.1 Å². The first-order valence-electron chi connectivity index (χ1n) is 12.4. The Hall–Kier alpha value is -3.32. The molecule has 1 aliphatic rings. The minimum Gasteiger partial charge on any atom is -0.492 e. The molecule has 1 atom stereocenters. The molecule has 0 aliphatic heterocycles. The topological polar surface area (TPSA) is 76.7 Å². The maximum Gasteiger partial charge on any atom is 0.262 e. The Morgan fingerprint density at radius 1 is 1.00 bits per heavy atom. The Labute approximate surface area is 217 Å². The Bertz CT molecular complexity index is 1210. The van der Waals surface area contributed by atoms with E-state index in [-0.39, 0.29) is 23.8 Å². The minimum atomic E-state index is -0.298. The molecule has 2 N–H and O–H groups in total. The van der Waals surface area contributed by atoms with E-state index < -0.39 is 0 Å². The first-order chi connectivity index (χ1) is 17.3. The maximum atomic E-state index is 13.6. The molecule has 2 amide bonds. The summed E-state index contributed by atoms with van der Waals surface area (Å²) < 4.78 is 11.3. The van der Waals surface area contributed by atoms with Crippen molar-refractivity contribution in [2.45, 2.75) is 47.0 Å². The fourth-order valence-corrected chi connectivity index (χ4v) is 5.86. The Morgan fingerprint density at radius 2 is 1.72 bits per heavy atom. The number of para-hydroxylation sites is 3. The lowest BCUT2D eigenvalue weighted by Crippen LogP contribution is -2.27. The predicted molar refractivity (Wildman–Crippen MR) is 145 cm³/mol. The Balaban J connectivity index is 1.60. The van der Waals surface area contributed by atoms with Gasteiger partial charge in [-0.2, -0.15) is 0 Å². The van der Waals surface area contributed by atoms with Crippen LogP contribution in [0.2, 0.25) is 0 Å². The number of fused-ring (bicyclic) bond motifs is 1. The Kier molecular flexibility index (Phi) is 7.99. The van der Waals surface area contributed by atoms with E-state index in [1.807, 2.05) is 49.4 Å². The average molecular weight is 507 g/mol. The van der Waals surface area contributed by atoms with Crippen LogP contribution in [0.1, 0.15) is 54.9 Å². The highest BCUT2D eigenvalue weighted by atomic mass is 32.1. The van der Waals surface area contributed by atoms with Crippen LogP contribution in [0, 0.1) is 11.3 Å². The molecule has 1 aliphatic carbocycles. The number of rotatable bonds is 8. The summed E-state index contributed by atoms with van der Waals surface area (Å²) in [7, 11) is 0. The smallest absolute Gasteiger partial charge is 0.262 e. The molecule has 0 saturated heterocycles. The molecule has 0 saturated carbocycles. The van der Waals surface area contributed by atoms with Crippen LogP contribution < -0.4 is 20.1 Å². The highest BCUT2D eigenvalue weighted by molar-refractivity contribution is 7.17. The molecule has 2 aromatic carbocycles. The van der Waals surface area contributed by atoms with Crippen molar-refractivity contribution in [1.29, 1.82) is 0 Å². The van der Waals surface area contributed by atoms with Gasteiger partial charge in [-0.05, 0) is 67.3 Å². The second kappa shape index (κ2) is 11.2. The highest BCUT2D eigenvalue weighted by Gasteiger charge is 2.34. The number of ether oxygens (including phenoxy) is 2. The zero-order chi connectivity index (χ0) is 25.7. The molecule has 190 valence electrons. The molecule has 7 heteroatoms. The first-order valence-corrected chi connectivity index (χ1v) is 13.2. The van der Waals surface area contributed by atoms with Gasteiger partial charge >= 0.3 is 0 Å². The van der Waals surface area contributed by atoms with Crippen molar-refractivity contribution >= 4 is 33.8 Å². The molecule has 1 unspecified atom stereocenters. The van der Waals surface area contributed by atoms with Crippen LogP contribution in [-0.2, 0) is 17.6 Å². The van der Waals surface area contributed by atoms with Crippen molar-refractivity contribution in [2.75, 3.05) is 23.8 Å². The number of nitrogens with one attached hydrogen (secondary N) is 2. The molecule has 1 heterocycles. The quantitative estimate of drug-likeness (QED) is 0.362. The van der Waals surface area contributed by atoms with Crippen LogP contribution in [0.4, 0.5) is 10.7 Å². The summed E-state index contributed by atoms with van der Waals surface area (Å²) in [6.45, 7) is 9.06.